The number of rotatable bonds is 8. The second-order valence-corrected chi connectivity index (χ2v) is 7.17. The molecule has 0 bridgehead atoms. The fraction of sp³-hybridized carbons (Fsp3) is 0.467. The number of nitrogens with zero attached hydrogens (tertiary/aromatic N) is 1. The van der Waals surface area contributed by atoms with E-state index >= 15 is 0 Å². The molecule has 4 nitrogen and oxygen atoms in total. The summed E-state index contributed by atoms with van der Waals surface area (Å²) >= 11 is 3.14. The van der Waals surface area contributed by atoms with Crippen LogP contribution in [0.5, 0.6) is 0 Å². The van der Waals surface area contributed by atoms with Crippen molar-refractivity contribution in [1.82, 2.24) is 10.3 Å². The van der Waals surface area contributed by atoms with Gasteiger partial charge in [-0.3, -0.25) is 4.79 Å². The van der Waals surface area contributed by atoms with E-state index in [0.29, 0.717) is 13.2 Å². The maximum absolute atomic E-state index is 12.0. The van der Waals surface area contributed by atoms with Gasteiger partial charge >= 0.3 is 0 Å². The van der Waals surface area contributed by atoms with Gasteiger partial charge in [-0.2, -0.15) is 0 Å². The standard InChI is InChI=1S/C15H20N2O2S2/c1-3-19-10-6-9-16-14(18)11(2)20-15-17-12-7-4-5-8-13(12)21-15/h4-5,7-8,11H,3,6,9-10H2,1-2H3,(H,16,18). The Bertz CT molecular complexity index is 553. The summed E-state index contributed by atoms with van der Waals surface area (Å²) in [6.07, 6.45) is 0.845. The lowest BCUT2D eigenvalue weighted by atomic mass is 10.3. The van der Waals surface area contributed by atoms with E-state index in [0.717, 1.165) is 27.6 Å². The summed E-state index contributed by atoms with van der Waals surface area (Å²) in [6.45, 7) is 5.95. The van der Waals surface area contributed by atoms with Crippen LogP contribution in [0.4, 0.5) is 0 Å². The van der Waals surface area contributed by atoms with Crippen LogP contribution in [0.1, 0.15) is 20.3 Å². The predicted molar refractivity (Wildman–Crippen MR) is 89.1 cm³/mol. The highest BCUT2D eigenvalue weighted by Gasteiger charge is 2.16. The molecule has 114 valence electrons. The zero-order valence-corrected chi connectivity index (χ0v) is 13.9. The minimum atomic E-state index is -0.141. The van der Waals surface area contributed by atoms with E-state index in [9.17, 15) is 4.79 Å². The Balaban J connectivity index is 1.80. The molecule has 1 aromatic carbocycles. The van der Waals surface area contributed by atoms with Crippen LogP contribution in [0.3, 0.4) is 0 Å². The van der Waals surface area contributed by atoms with Crippen LogP contribution in [0.2, 0.25) is 0 Å². The van der Waals surface area contributed by atoms with Crippen LogP contribution in [0.25, 0.3) is 10.2 Å². The Hall–Kier alpha value is -1.11. The molecule has 1 aromatic heterocycles. The number of ether oxygens (including phenoxy) is 1. The van der Waals surface area contributed by atoms with Gasteiger partial charge in [-0.05, 0) is 32.4 Å². The van der Waals surface area contributed by atoms with E-state index < -0.39 is 0 Å². The number of hydrogen-bond donors (Lipinski definition) is 1. The lowest BCUT2D eigenvalue weighted by Crippen LogP contribution is -2.32. The summed E-state index contributed by atoms with van der Waals surface area (Å²) in [4.78, 5) is 16.5. The van der Waals surface area contributed by atoms with Crippen molar-refractivity contribution in [2.45, 2.75) is 29.9 Å². The third-order valence-electron chi connectivity index (χ3n) is 2.89. The molecule has 0 aliphatic rings. The van der Waals surface area contributed by atoms with Gasteiger partial charge in [-0.1, -0.05) is 23.9 Å². The highest BCUT2D eigenvalue weighted by atomic mass is 32.2. The zero-order valence-electron chi connectivity index (χ0n) is 12.3. The SMILES string of the molecule is CCOCCCNC(=O)C(C)Sc1nc2ccccc2s1. The number of thiazole rings is 1. The number of carbonyl (C=O) groups excluding carboxylic acids is 1. The number of aromatic nitrogens is 1. The second kappa shape index (κ2) is 8.36. The Morgan fingerprint density at radius 3 is 3.05 bits per heavy atom. The molecule has 0 aliphatic heterocycles. The molecule has 6 heteroatoms. The lowest BCUT2D eigenvalue weighted by molar-refractivity contribution is -0.120. The van der Waals surface area contributed by atoms with Crippen molar-refractivity contribution in [3.8, 4) is 0 Å². The molecular weight excluding hydrogens is 304 g/mol. The summed E-state index contributed by atoms with van der Waals surface area (Å²) in [5.74, 6) is 0.0516. The van der Waals surface area contributed by atoms with Gasteiger partial charge in [0.1, 0.15) is 0 Å². The van der Waals surface area contributed by atoms with Crippen LogP contribution in [0.15, 0.2) is 28.6 Å². The van der Waals surface area contributed by atoms with Crippen molar-refractivity contribution in [3.63, 3.8) is 0 Å². The highest BCUT2D eigenvalue weighted by Crippen LogP contribution is 2.31. The molecule has 1 amide bonds. The lowest BCUT2D eigenvalue weighted by Gasteiger charge is -2.10. The van der Waals surface area contributed by atoms with Gasteiger partial charge in [0.15, 0.2) is 4.34 Å². The zero-order chi connectivity index (χ0) is 15.1. The van der Waals surface area contributed by atoms with Gasteiger partial charge in [0.25, 0.3) is 0 Å². The van der Waals surface area contributed by atoms with E-state index in [2.05, 4.69) is 16.4 Å². The van der Waals surface area contributed by atoms with Gasteiger partial charge in [-0.15, -0.1) is 11.3 Å². The Morgan fingerprint density at radius 1 is 1.48 bits per heavy atom. The van der Waals surface area contributed by atoms with Gasteiger partial charge in [0, 0.05) is 19.8 Å². The van der Waals surface area contributed by atoms with Crippen molar-refractivity contribution in [2.24, 2.45) is 0 Å². The Morgan fingerprint density at radius 2 is 2.29 bits per heavy atom. The first kappa shape index (κ1) is 16.3. The molecule has 0 saturated heterocycles. The molecule has 1 N–H and O–H groups in total. The van der Waals surface area contributed by atoms with Gasteiger partial charge in [0.05, 0.1) is 15.5 Å². The van der Waals surface area contributed by atoms with Gasteiger partial charge in [-0.25, -0.2) is 4.98 Å². The number of carbonyl (C=O) groups is 1. The van der Waals surface area contributed by atoms with Crippen molar-refractivity contribution in [3.05, 3.63) is 24.3 Å². The average molecular weight is 324 g/mol. The molecule has 1 unspecified atom stereocenters. The summed E-state index contributed by atoms with van der Waals surface area (Å²) in [5.41, 5.74) is 0.995. The van der Waals surface area contributed by atoms with Crippen LogP contribution >= 0.6 is 23.1 Å². The minimum absolute atomic E-state index is 0.0516. The monoisotopic (exact) mass is 324 g/mol. The summed E-state index contributed by atoms with van der Waals surface area (Å²) < 4.78 is 7.34. The molecule has 0 fully saturated rings. The maximum Gasteiger partial charge on any atom is 0.233 e. The third kappa shape index (κ3) is 4.98. The average Bonchev–Trinajstić information content (AvgIpc) is 2.88. The Kier molecular flexibility index (Phi) is 6.48. The van der Waals surface area contributed by atoms with Crippen LogP contribution in [-0.2, 0) is 9.53 Å². The van der Waals surface area contributed by atoms with E-state index in [1.165, 1.54) is 11.8 Å². The molecule has 1 heterocycles. The first-order valence-corrected chi connectivity index (χ1v) is 8.78. The number of amides is 1. The number of hydrogen-bond acceptors (Lipinski definition) is 5. The largest absolute Gasteiger partial charge is 0.382 e. The first-order valence-electron chi connectivity index (χ1n) is 7.08. The summed E-state index contributed by atoms with van der Waals surface area (Å²) in [5, 5.41) is 2.79. The number of benzene rings is 1. The van der Waals surface area contributed by atoms with Crippen molar-refractivity contribution in [2.75, 3.05) is 19.8 Å². The molecule has 0 radical (unpaired) electrons. The molecular formula is C15H20N2O2S2. The van der Waals surface area contributed by atoms with E-state index in [4.69, 9.17) is 4.74 Å². The van der Waals surface area contributed by atoms with E-state index in [-0.39, 0.29) is 11.2 Å². The number of fused-ring (bicyclic) bond motifs is 1. The fourth-order valence-electron chi connectivity index (χ4n) is 1.78. The molecule has 1 atom stereocenters. The van der Waals surface area contributed by atoms with Gasteiger partial charge in [0.2, 0.25) is 5.91 Å². The molecule has 2 aromatic rings. The normalized spacial score (nSPS) is 12.5. The number of para-hydroxylation sites is 1. The van der Waals surface area contributed by atoms with E-state index in [1.54, 1.807) is 11.3 Å². The number of thioether (sulfide) groups is 1. The molecule has 2 rings (SSSR count). The second-order valence-electron chi connectivity index (χ2n) is 4.55. The third-order valence-corrected chi connectivity index (χ3v) is 5.12. The molecule has 21 heavy (non-hydrogen) atoms. The smallest absolute Gasteiger partial charge is 0.233 e. The van der Waals surface area contributed by atoms with Crippen LogP contribution in [-0.4, -0.2) is 35.9 Å². The highest BCUT2D eigenvalue weighted by molar-refractivity contribution is 8.02. The maximum atomic E-state index is 12.0. The Labute approximate surface area is 133 Å². The fourth-order valence-corrected chi connectivity index (χ4v) is 4.02. The minimum Gasteiger partial charge on any atom is -0.382 e. The quantitative estimate of drug-likeness (QED) is 0.598. The molecule has 0 spiro atoms. The summed E-state index contributed by atoms with van der Waals surface area (Å²) in [6, 6.07) is 8.03. The number of nitrogens with one attached hydrogen (secondary N) is 1. The topological polar surface area (TPSA) is 51.2 Å². The first-order chi connectivity index (χ1) is 10.2. The molecule has 0 aliphatic carbocycles. The molecule has 0 saturated carbocycles. The van der Waals surface area contributed by atoms with E-state index in [1.807, 2.05) is 32.0 Å². The van der Waals surface area contributed by atoms with Gasteiger partial charge < -0.3 is 10.1 Å². The van der Waals surface area contributed by atoms with Crippen molar-refractivity contribution >= 4 is 39.2 Å². The predicted octanol–water partition coefficient (Wildman–Crippen LogP) is 3.32. The van der Waals surface area contributed by atoms with Crippen LogP contribution < -0.4 is 5.32 Å². The van der Waals surface area contributed by atoms with Crippen LogP contribution in [0, 0.1) is 0 Å². The summed E-state index contributed by atoms with van der Waals surface area (Å²) in [7, 11) is 0. The van der Waals surface area contributed by atoms with Crippen molar-refractivity contribution < 1.29 is 9.53 Å². The van der Waals surface area contributed by atoms with Crippen molar-refractivity contribution in [1.29, 1.82) is 0 Å².